The molecule has 8 heterocycles. The number of pyridine rings is 2. The number of allylic oxidation sites excluding steroid dienone is 1. The first kappa shape index (κ1) is 50.4. The fourth-order valence-corrected chi connectivity index (χ4v) is 9.83. The smallest absolute Gasteiger partial charge is 0.414 e. The second kappa shape index (κ2) is 19.6. The van der Waals surface area contributed by atoms with Crippen molar-refractivity contribution in [3.05, 3.63) is 167 Å². The lowest BCUT2D eigenvalue weighted by Crippen LogP contribution is -2.35. The van der Waals surface area contributed by atoms with Gasteiger partial charge in [-0.1, -0.05) is 37.4 Å². The van der Waals surface area contributed by atoms with Gasteiger partial charge >= 0.3 is 17.5 Å². The van der Waals surface area contributed by atoms with Gasteiger partial charge in [-0.05, 0) is 128 Å². The molecule has 6 aromatic heterocycles. The zero-order valence-corrected chi connectivity index (χ0v) is 43.7. The molecule has 0 bridgehead atoms. The third kappa shape index (κ3) is 9.16. The summed E-state index contributed by atoms with van der Waals surface area (Å²) in [5, 5.41) is 9.80. The third-order valence-corrected chi connectivity index (χ3v) is 13.7. The monoisotopic (exact) mass is 1040 g/mol. The Hall–Kier alpha value is -9.16. The quantitative estimate of drug-likeness (QED) is 0.115. The van der Waals surface area contributed by atoms with Crippen LogP contribution in [-0.4, -0.2) is 83.7 Å². The van der Waals surface area contributed by atoms with E-state index in [9.17, 15) is 24.0 Å². The van der Waals surface area contributed by atoms with E-state index in [1.54, 1.807) is 63.9 Å². The van der Waals surface area contributed by atoms with Crippen molar-refractivity contribution in [2.45, 2.75) is 39.2 Å². The number of carbonyl (C=O) groups excluding carboxylic acids is 3. The van der Waals surface area contributed by atoms with Crippen LogP contribution in [0.5, 0.6) is 0 Å². The lowest BCUT2D eigenvalue weighted by atomic mass is 10.1. The number of hydrogen-bond acceptors (Lipinski definition) is 10. The van der Waals surface area contributed by atoms with Crippen LogP contribution in [0.1, 0.15) is 31.9 Å². The molecule has 4 aromatic carbocycles. The molecule has 2 aliphatic heterocycles. The van der Waals surface area contributed by atoms with Crippen molar-refractivity contribution in [3.8, 4) is 33.6 Å². The zero-order chi connectivity index (χ0) is 53.9. The molecule has 0 aliphatic carbocycles. The second-order valence-corrected chi connectivity index (χ2v) is 19.9. The number of amides is 2. The molecule has 12 rings (SSSR count). The Morgan fingerprint density at radius 2 is 1.05 bits per heavy atom. The van der Waals surface area contributed by atoms with Gasteiger partial charge in [0.15, 0.2) is 0 Å². The van der Waals surface area contributed by atoms with E-state index < -0.39 is 10.8 Å². The van der Waals surface area contributed by atoms with Crippen LogP contribution in [0.25, 0.3) is 77.5 Å². The summed E-state index contributed by atoms with van der Waals surface area (Å²) in [5.74, 6) is -0.142. The Bertz CT molecular complexity index is 4170. The molecule has 2 amide bonds. The molecule has 0 spiro atoms. The van der Waals surface area contributed by atoms with E-state index >= 15 is 0 Å². The lowest BCUT2D eigenvalue weighted by molar-refractivity contribution is -0.114. The number of nitrogens with zero attached hydrogens (tertiary/aromatic N) is 12. The van der Waals surface area contributed by atoms with Crippen molar-refractivity contribution in [1.82, 2.24) is 47.8 Å². The Balaban J connectivity index is 0.000000159. The summed E-state index contributed by atoms with van der Waals surface area (Å²) in [6.07, 6.45) is 14.5. The molecule has 18 nitrogen and oxygen atoms in total. The molecule has 19 heteroatoms. The van der Waals surface area contributed by atoms with Crippen LogP contribution in [-0.2, 0) is 55.4 Å². The van der Waals surface area contributed by atoms with Crippen LogP contribution >= 0.6 is 11.6 Å². The molecule has 0 fully saturated rings. The molecule has 384 valence electrons. The minimum absolute atomic E-state index is 0.142. The molecule has 10 aromatic rings. The molecule has 0 saturated heterocycles. The average Bonchev–Trinajstić information content (AvgIpc) is 4.31. The highest BCUT2D eigenvalue weighted by atomic mass is 35.5. The number of anilines is 2. The molecule has 0 radical (unpaired) electrons. The number of aromatic nitrogens is 10. The van der Waals surface area contributed by atoms with E-state index in [4.69, 9.17) is 16.3 Å². The number of benzene rings is 4. The summed E-state index contributed by atoms with van der Waals surface area (Å²) in [4.78, 5) is 74.4. The predicted octanol–water partition coefficient (Wildman–Crippen LogP) is 8.87. The van der Waals surface area contributed by atoms with Gasteiger partial charge in [0.2, 0.25) is 11.1 Å². The summed E-state index contributed by atoms with van der Waals surface area (Å²) in [6.45, 7) is 13.4. The normalized spacial score (nSPS) is 12.8. The first-order chi connectivity index (χ1) is 36.3. The van der Waals surface area contributed by atoms with Crippen molar-refractivity contribution >= 4 is 84.1 Å². The Morgan fingerprint density at radius 3 is 1.46 bits per heavy atom. The fourth-order valence-electron chi connectivity index (χ4n) is 9.83. The molecule has 0 atom stereocenters. The highest BCUT2D eigenvalue weighted by molar-refractivity contribution is 6.66. The minimum atomic E-state index is -0.595. The number of fused-ring (bicyclic) bond motifs is 8. The van der Waals surface area contributed by atoms with Crippen LogP contribution < -0.4 is 21.2 Å². The second-order valence-electron chi connectivity index (χ2n) is 19.6. The number of imidazole rings is 2. The summed E-state index contributed by atoms with van der Waals surface area (Å²) in [5.41, 5.74) is 12.7. The minimum Gasteiger partial charge on any atom is -0.443 e. The molecular weight excluding hydrogens is 984 g/mol. The van der Waals surface area contributed by atoms with Crippen LogP contribution in [0.4, 0.5) is 16.2 Å². The number of carbonyl (C=O) groups is 3. The highest BCUT2D eigenvalue weighted by Gasteiger charge is 2.30. The molecular formula is C57H53ClN12O6. The maximum Gasteiger partial charge on any atom is 0.414 e. The van der Waals surface area contributed by atoms with Crippen LogP contribution in [0.2, 0.25) is 0 Å². The Kier molecular flexibility index (Phi) is 13.0. The van der Waals surface area contributed by atoms with Crippen molar-refractivity contribution in [1.29, 1.82) is 0 Å². The van der Waals surface area contributed by atoms with Gasteiger partial charge < -0.3 is 9.64 Å². The van der Waals surface area contributed by atoms with E-state index in [-0.39, 0.29) is 23.4 Å². The van der Waals surface area contributed by atoms with Crippen molar-refractivity contribution in [2.24, 2.45) is 28.2 Å². The van der Waals surface area contributed by atoms with Gasteiger partial charge in [0, 0.05) is 81.3 Å². The van der Waals surface area contributed by atoms with Crippen LogP contribution in [0, 0.1) is 0 Å². The summed E-state index contributed by atoms with van der Waals surface area (Å²) in [7, 11) is 7.27. The lowest BCUT2D eigenvalue weighted by Gasteiger charge is -2.25. The molecule has 0 N–H and O–H groups in total. The highest BCUT2D eigenvalue weighted by Crippen LogP contribution is 2.36. The van der Waals surface area contributed by atoms with Crippen molar-refractivity contribution in [2.75, 3.05) is 22.9 Å². The first-order valence-electron chi connectivity index (χ1n) is 24.4. The van der Waals surface area contributed by atoms with E-state index in [1.807, 2.05) is 120 Å². The van der Waals surface area contributed by atoms with Gasteiger partial charge in [0.1, 0.15) is 5.60 Å². The number of aryl methyl sites for hydroxylation is 4. The van der Waals surface area contributed by atoms with Gasteiger partial charge in [-0.25, -0.2) is 14.4 Å². The fraction of sp³-hybridized carbons (Fsp3) is 0.211. The summed E-state index contributed by atoms with van der Waals surface area (Å²) in [6, 6.07) is 23.8. The summed E-state index contributed by atoms with van der Waals surface area (Å²) < 4.78 is 15.8. The van der Waals surface area contributed by atoms with Crippen LogP contribution in [0.15, 0.2) is 145 Å². The molecule has 0 saturated carbocycles. The van der Waals surface area contributed by atoms with E-state index in [2.05, 4.69) is 45.5 Å². The van der Waals surface area contributed by atoms with E-state index in [1.165, 1.54) is 6.08 Å². The van der Waals surface area contributed by atoms with Gasteiger partial charge in [-0.15, -0.1) is 0 Å². The number of hydrogen-bond donors (Lipinski definition) is 0. The summed E-state index contributed by atoms with van der Waals surface area (Å²) >= 11 is 4.71. The maximum atomic E-state index is 13.6. The third-order valence-electron chi connectivity index (χ3n) is 13.5. The van der Waals surface area contributed by atoms with E-state index in [0.717, 1.165) is 108 Å². The molecule has 76 heavy (non-hydrogen) atoms. The largest absolute Gasteiger partial charge is 0.443 e. The van der Waals surface area contributed by atoms with Crippen LogP contribution in [0.3, 0.4) is 0 Å². The zero-order valence-electron chi connectivity index (χ0n) is 43.0. The van der Waals surface area contributed by atoms with E-state index in [0.29, 0.717) is 24.5 Å². The first-order valence-corrected chi connectivity index (χ1v) is 24.7. The maximum absolute atomic E-state index is 13.6. The Labute approximate surface area is 440 Å². The average molecular weight is 1040 g/mol. The SMILES string of the molecule is C=CC(=O)Cl.C=CC(=O)N1CCc2ccc(-n3c(=O)n(C)c4cnc5ccc(-c6cnn(C)c6)cc5c43)cc21.Cn1cc(-c2ccc3ncc4c(c3c2)n(-c2ccc3c(c2)N(C(=O)OC(C)(C)C)CC3)c(=O)n4C)cn1. The van der Waals surface area contributed by atoms with Crippen molar-refractivity contribution < 1.29 is 19.1 Å². The number of ether oxygens (including phenoxy) is 1. The number of rotatable bonds is 6. The Morgan fingerprint density at radius 1 is 0.605 bits per heavy atom. The van der Waals surface area contributed by atoms with Gasteiger partial charge in [-0.2, -0.15) is 10.2 Å². The number of halogens is 1. The van der Waals surface area contributed by atoms with Crippen molar-refractivity contribution in [3.63, 3.8) is 0 Å². The van der Waals surface area contributed by atoms with Gasteiger partial charge in [-0.3, -0.25) is 52.1 Å². The van der Waals surface area contributed by atoms with Gasteiger partial charge in [0.25, 0.3) is 0 Å². The molecule has 2 aliphatic rings. The molecule has 0 unspecified atom stereocenters. The predicted molar refractivity (Wildman–Crippen MR) is 297 cm³/mol. The standard InChI is InChI=1S/C28H28N6O3.C26H22N6O2.C3H3ClO/c1-28(2,3)37-27(36)33-11-10-17-6-8-20(13-23(17)33)34-25-21-12-18(19-14-30-31(4)16-19)7-9-22(21)29-15-24(25)32(5)26(34)35;1-4-24(33)31-10-9-16-5-7-19(12-22(16)31)32-25-20-11-17(18-13-28-29(2)15-18)6-8-21(20)27-14-23(25)30(3)26(32)34;1-2-3(4)5/h6-9,12-16H,10-11H2,1-5H3;4-8,11-15H,1,9-10H2,2-3H3;2H,1H2. The van der Waals surface area contributed by atoms with Gasteiger partial charge in [0.05, 0.1) is 74.9 Å². The topological polar surface area (TPSA) is 182 Å².